The lowest BCUT2D eigenvalue weighted by Gasteiger charge is -2.26. The summed E-state index contributed by atoms with van der Waals surface area (Å²) in [6.45, 7) is 5.20. The number of aliphatic carboxylic acids is 1. The average Bonchev–Trinajstić information content (AvgIpc) is 2.26. The Hall–Kier alpha value is -1.14. The van der Waals surface area contributed by atoms with Crippen LogP contribution in [0.25, 0.3) is 0 Å². The summed E-state index contributed by atoms with van der Waals surface area (Å²) in [7, 11) is 3.05. The summed E-state index contributed by atoms with van der Waals surface area (Å²) >= 11 is 0. The monoisotopic (exact) mass is 246 g/mol. The zero-order valence-electron chi connectivity index (χ0n) is 11.0. The number of likely N-dealkylation sites (N-methyl/N-ethyl adjacent to an activating group) is 2. The molecular formula is C11H22N2O4. The quantitative estimate of drug-likeness (QED) is 0.647. The topological polar surface area (TPSA) is 70.1 Å². The molecule has 0 aliphatic rings. The molecule has 0 aromatic carbocycles. The van der Waals surface area contributed by atoms with Gasteiger partial charge in [0.25, 0.3) is 0 Å². The summed E-state index contributed by atoms with van der Waals surface area (Å²) in [5.41, 5.74) is 0. The molecule has 0 aliphatic heterocycles. The van der Waals surface area contributed by atoms with E-state index < -0.39 is 12.0 Å². The van der Waals surface area contributed by atoms with Gasteiger partial charge in [0.05, 0.1) is 13.2 Å². The zero-order valence-corrected chi connectivity index (χ0v) is 11.0. The number of nitrogens with zero attached hydrogens (tertiary/aromatic N) is 2. The molecule has 6 nitrogen and oxygen atoms in total. The molecule has 1 unspecified atom stereocenters. The Balaban J connectivity index is 4.43. The number of methoxy groups -OCH3 is 1. The van der Waals surface area contributed by atoms with Crippen molar-refractivity contribution in [3.8, 4) is 0 Å². The first-order chi connectivity index (χ1) is 7.97. The van der Waals surface area contributed by atoms with Crippen molar-refractivity contribution in [3.05, 3.63) is 0 Å². The van der Waals surface area contributed by atoms with Crippen LogP contribution in [0, 0.1) is 0 Å². The van der Waals surface area contributed by atoms with Crippen molar-refractivity contribution in [2.24, 2.45) is 0 Å². The van der Waals surface area contributed by atoms with E-state index >= 15 is 0 Å². The van der Waals surface area contributed by atoms with E-state index in [1.54, 1.807) is 11.9 Å². The van der Waals surface area contributed by atoms with Crippen molar-refractivity contribution in [1.82, 2.24) is 9.80 Å². The van der Waals surface area contributed by atoms with E-state index in [0.717, 1.165) is 0 Å². The van der Waals surface area contributed by atoms with Gasteiger partial charge in [-0.05, 0) is 20.9 Å². The predicted octanol–water partition coefficient (Wildman–Crippen LogP) is -0.114. The van der Waals surface area contributed by atoms with Gasteiger partial charge in [-0.15, -0.1) is 0 Å². The van der Waals surface area contributed by atoms with Crippen LogP contribution in [0.5, 0.6) is 0 Å². The first kappa shape index (κ1) is 15.9. The van der Waals surface area contributed by atoms with Crippen LogP contribution < -0.4 is 0 Å². The molecule has 17 heavy (non-hydrogen) atoms. The molecule has 0 radical (unpaired) electrons. The lowest BCUT2D eigenvalue weighted by atomic mass is 10.2. The second-order valence-electron chi connectivity index (χ2n) is 3.79. The van der Waals surface area contributed by atoms with Crippen molar-refractivity contribution in [1.29, 1.82) is 0 Å². The second-order valence-corrected chi connectivity index (χ2v) is 3.79. The molecule has 100 valence electrons. The lowest BCUT2D eigenvalue weighted by molar-refractivity contribution is -0.146. The van der Waals surface area contributed by atoms with Gasteiger partial charge in [0, 0.05) is 20.2 Å². The van der Waals surface area contributed by atoms with Gasteiger partial charge in [-0.2, -0.15) is 0 Å². The summed E-state index contributed by atoms with van der Waals surface area (Å²) in [6, 6.07) is -0.792. The Bertz CT molecular complexity index is 254. The zero-order chi connectivity index (χ0) is 13.4. The highest BCUT2D eigenvalue weighted by molar-refractivity contribution is 5.80. The van der Waals surface area contributed by atoms with Crippen molar-refractivity contribution in [3.63, 3.8) is 0 Å². The SMILES string of the molecule is CCN(CC)C(=O)CN(C)C(COC)C(=O)O. The van der Waals surface area contributed by atoms with Crippen LogP contribution in [0.1, 0.15) is 13.8 Å². The molecule has 0 rings (SSSR count). The second kappa shape index (κ2) is 8.03. The summed E-state index contributed by atoms with van der Waals surface area (Å²) < 4.78 is 4.83. The van der Waals surface area contributed by atoms with Gasteiger partial charge < -0.3 is 14.7 Å². The van der Waals surface area contributed by atoms with E-state index in [-0.39, 0.29) is 19.1 Å². The first-order valence-electron chi connectivity index (χ1n) is 5.67. The molecule has 0 bridgehead atoms. The highest BCUT2D eigenvalue weighted by Crippen LogP contribution is 2.00. The molecule has 0 aromatic heterocycles. The first-order valence-corrected chi connectivity index (χ1v) is 5.67. The maximum Gasteiger partial charge on any atom is 0.323 e. The minimum Gasteiger partial charge on any atom is -0.480 e. The molecule has 0 aliphatic carbocycles. The number of ether oxygens (including phenoxy) is 1. The highest BCUT2D eigenvalue weighted by atomic mass is 16.5. The Morgan fingerprint density at radius 3 is 2.18 bits per heavy atom. The Kier molecular flexibility index (Phi) is 7.49. The minimum absolute atomic E-state index is 0.0668. The van der Waals surface area contributed by atoms with Crippen molar-refractivity contribution >= 4 is 11.9 Å². The Labute approximate surface area is 102 Å². The van der Waals surface area contributed by atoms with Crippen molar-refractivity contribution < 1.29 is 19.4 Å². The van der Waals surface area contributed by atoms with Crippen LogP contribution in [0.3, 0.4) is 0 Å². The van der Waals surface area contributed by atoms with E-state index in [9.17, 15) is 9.59 Å². The highest BCUT2D eigenvalue weighted by Gasteiger charge is 2.25. The Morgan fingerprint density at radius 1 is 1.29 bits per heavy atom. The van der Waals surface area contributed by atoms with Crippen LogP contribution in [0.4, 0.5) is 0 Å². The number of hydrogen-bond acceptors (Lipinski definition) is 4. The van der Waals surface area contributed by atoms with Gasteiger partial charge in [-0.25, -0.2) is 0 Å². The maximum absolute atomic E-state index is 11.8. The largest absolute Gasteiger partial charge is 0.480 e. The summed E-state index contributed by atoms with van der Waals surface area (Å²) in [4.78, 5) is 25.9. The van der Waals surface area contributed by atoms with Gasteiger partial charge >= 0.3 is 5.97 Å². The third kappa shape index (κ3) is 5.14. The van der Waals surface area contributed by atoms with Crippen LogP contribution in [0.2, 0.25) is 0 Å². The maximum atomic E-state index is 11.8. The molecule has 0 saturated carbocycles. The minimum atomic E-state index is -0.985. The standard InChI is InChI=1S/C11H22N2O4/c1-5-13(6-2)10(14)7-12(3)9(8-17-4)11(15)16/h9H,5-8H2,1-4H3,(H,15,16). The third-order valence-corrected chi connectivity index (χ3v) is 2.64. The van der Waals surface area contributed by atoms with Gasteiger partial charge in [0.1, 0.15) is 6.04 Å². The number of carbonyl (C=O) groups is 2. The Morgan fingerprint density at radius 2 is 1.82 bits per heavy atom. The average molecular weight is 246 g/mol. The van der Waals surface area contributed by atoms with E-state index in [0.29, 0.717) is 13.1 Å². The molecule has 0 heterocycles. The third-order valence-electron chi connectivity index (χ3n) is 2.64. The van der Waals surface area contributed by atoms with Gasteiger partial charge in [0.15, 0.2) is 0 Å². The molecule has 0 spiro atoms. The van der Waals surface area contributed by atoms with E-state index in [4.69, 9.17) is 9.84 Å². The van der Waals surface area contributed by atoms with Gasteiger partial charge in [-0.1, -0.05) is 0 Å². The predicted molar refractivity (Wildman–Crippen MR) is 63.9 cm³/mol. The van der Waals surface area contributed by atoms with E-state index in [1.165, 1.54) is 12.0 Å². The smallest absolute Gasteiger partial charge is 0.323 e. The number of hydrogen-bond donors (Lipinski definition) is 1. The molecule has 1 amide bonds. The van der Waals surface area contributed by atoms with Gasteiger partial charge in [-0.3, -0.25) is 14.5 Å². The molecule has 0 saturated heterocycles. The number of carboxylic acids is 1. The summed E-state index contributed by atoms with van der Waals surface area (Å²) in [5.74, 6) is -1.05. The number of amides is 1. The van der Waals surface area contributed by atoms with Crippen molar-refractivity contribution in [2.45, 2.75) is 19.9 Å². The molecule has 0 fully saturated rings. The van der Waals surface area contributed by atoms with Crippen LogP contribution in [0.15, 0.2) is 0 Å². The van der Waals surface area contributed by atoms with Gasteiger partial charge in [0.2, 0.25) is 5.91 Å². The fraction of sp³-hybridized carbons (Fsp3) is 0.818. The molecular weight excluding hydrogens is 224 g/mol. The molecule has 1 N–H and O–H groups in total. The summed E-state index contributed by atoms with van der Waals surface area (Å²) in [5, 5.41) is 8.99. The summed E-state index contributed by atoms with van der Waals surface area (Å²) in [6.07, 6.45) is 0. The van der Waals surface area contributed by atoms with Crippen LogP contribution >= 0.6 is 0 Å². The van der Waals surface area contributed by atoms with Crippen LogP contribution in [-0.4, -0.2) is 73.2 Å². The van der Waals surface area contributed by atoms with Crippen LogP contribution in [-0.2, 0) is 14.3 Å². The van der Waals surface area contributed by atoms with Crippen molar-refractivity contribution in [2.75, 3.05) is 40.4 Å². The molecule has 1 atom stereocenters. The number of rotatable bonds is 8. The molecule has 0 aromatic rings. The fourth-order valence-electron chi connectivity index (χ4n) is 1.54. The fourth-order valence-corrected chi connectivity index (χ4v) is 1.54. The van der Waals surface area contributed by atoms with E-state index in [2.05, 4.69) is 0 Å². The molecule has 6 heteroatoms. The lowest BCUT2D eigenvalue weighted by Crippen LogP contribution is -2.47. The number of carbonyl (C=O) groups excluding carboxylic acids is 1. The number of carboxylic acid groups (broad SMARTS) is 1. The van der Waals surface area contributed by atoms with E-state index in [1.807, 2.05) is 13.8 Å². The normalized spacial score (nSPS) is 12.5.